The maximum absolute atomic E-state index is 12.5. The van der Waals surface area contributed by atoms with Gasteiger partial charge in [-0.2, -0.15) is 0 Å². The van der Waals surface area contributed by atoms with Gasteiger partial charge in [-0.1, -0.05) is 22.0 Å². The highest BCUT2D eigenvalue weighted by Gasteiger charge is 2.35. The van der Waals surface area contributed by atoms with Gasteiger partial charge in [-0.25, -0.2) is 0 Å². The molecule has 0 saturated carbocycles. The Morgan fingerprint density at radius 1 is 1.23 bits per heavy atom. The normalized spacial score (nSPS) is 16.8. The molecule has 1 saturated heterocycles. The van der Waals surface area contributed by atoms with Crippen LogP contribution in [0.15, 0.2) is 53.0 Å². The van der Waals surface area contributed by atoms with E-state index in [4.69, 9.17) is 4.74 Å². The molecule has 6 heteroatoms. The van der Waals surface area contributed by atoms with Gasteiger partial charge >= 0.3 is 0 Å². The number of halogens is 1. The minimum Gasteiger partial charge on any atom is -0.491 e. The van der Waals surface area contributed by atoms with Gasteiger partial charge in [-0.05, 0) is 56.3 Å². The molecule has 1 N–H and O–H groups in total. The van der Waals surface area contributed by atoms with Crippen LogP contribution in [-0.4, -0.2) is 24.5 Å². The van der Waals surface area contributed by atoms with Crippen LogP contribution in [0, 0.1) is 5.92 Å². The SMILES string of the molecule is CC(C)Oc1ccc(N2C[C@@H](C(=O)Nc3cccc(Br)c3)CC2=O)cc1. The Morgan fingerprint density at radius 2 is 1.96 bits per heavy atom. The largest absolute Gasteiger partial charge is 0.491 e. The number of benzene rings is 2. The molecule has 3 rings (SSSR count). The Bertz CT molecular complexity index is 805. The lowest BCUT2D eigenvalue weighted by Crippen LogP contribution is -2.28. The minimum atomic E-state index is -0.368. The maximum Gasteiger partial charge on any atom is 0.229 e. The topological polar surface area (TPSA) is 58.6 Å². The molecule has 136 valence electrons. The minimum absolute atomic E-state index is 0.0445. The third kappa shape index (κ3) is 4.43. The molecule has 2 aromatic carbocycles. The lowest BCUT2D eigenvalue weighted by molar-refractivity contribution is -0.122. The van der Waals surface area contributed by atoms with E-state index in [1.807, 2.05) is 62.4 Å². The molecule has 0 aliphatic carbocycles. The highest BCUT2D eigenvalue weighted by Crippen LogP contribution is 2.28. The van der Waals surface area contributed by atoms with E-state index >= 15 is 0 Å². The average molecular weight is 417 g/mol. The quantitative estimate of drug-likeness (QED) is 0.793. The molecule has 0 spiro atoms. The molecule has 0 bridgehead atoms. The second kappa shape index (κ2) is 7.91. The van der Waals surface area contributed by atoms with Gasteiger partial charge in [0.05, 0.1) is 12.0 Å². The molecule has 1 heterocycles. The first-order valence-corrected chi connectivity index (χ1v) is 9.35. The van der Waals surface area contributed by atoms with Gasteiger partial charge in [0.15, 0.2) is 0 Å². The van der Waals surface area contributed by atoms with Crippen molar-refractivity contribution in [3.8, 4) is 5.75 Å². The van der Waals surface area contributed by atoms with Crippen LogP contribution < -0.4 is 15.0 Å². The zero-order valence-electron chi connectivity index (χ0n) is 14.7. The first-order chi connectivity index (χ1) is 12.4. The van der Waals surface area contributed by atoms with E-state index in [1.165, 1.54) is 0 Å². The summed E-state index contributed by atoms with van der Waals surface area (Å²) in [6, 6.07) is 14.8. The summed E-state index contributed by atoms with van der Waals surface area (Å²) < 4.78 is 6.51. The van der Waals surface area contributed by atoms with E-state index in [0.717, 1.165) is 15.9 Å². The number of nitrogens with one attached hydrogen (secondary N) is 1. The summed E-state index contributed by atoms with van der Waals surface area (Å²) in [5, 5.41) is 2.88. The van der Waals surface area contributed by atoms with Gasteiger partial charge in [0.2, 0.25) is 11.8 Å². The fraction of sp³-hybridized carbons (Fsp3) is 0.300. The number of nitrogens with zero attached hydrogens (tertiary/aromatic N) is 1. The Hall–Kier alpha value is -2.34. The summed E-state index contributed by atoms with van der Waals surface area (Å²) in [6.07, 6.45) is 0.310. The molecule has 1 fully saturated rings. The van der Waals surface area contributed by atoms with Crippen LogP contribution >= 0.6 is 15.9 Å². The maximum atomic E-state index is 12.5. The fourth-order valence-electron chi connectivity index (χ4n) is 2.92. The Labute approximate surface area is 161 Å². The smallest absolute Gasteiger partial charge is 0.229 e. The summed E-state index contributed by atoms with van der Waals surface area (Å²) >= 11 is 3.38. The van der Waals surface area contributed by atoms with Crippen molar-refractivity contribution in [1.29, 1.82) is 0 Å². The van der Waals surface area contributed by atoms with Crippen molar-refractivity contribution in [1.82, 2.24) is 0 Å². The van der Waals surface area contributed by atoms with Gasteiger partial charge in [0, 0.05) is 28.8 Å². The second-order valence-corrected chi connectivity index (χ2v) is 7.48. The van der Waals surface area contributed by atoms with Gasteiger partial charge < -0.3 is 15.0 Å². The number of anilines is 2. The molecule has 0 aromatic heterocycles. The summed E-state index contributed by atoms with van der Waals surface area (Å²) in [5.74, 6) is 0.211. The van der Waals surface area contributed by atoms with E-state index < -0.39 is 0 Å². The molecule has 0 unspecified atom stereocenters. The Morgan fingerprint density at radius 3 is 2.62 bits per heavy atom. The number of hydrogen-bond acceptors (Lipinski definition) is 3. The van der Waals surface area contributed by atoms with Crippen molar-refractivity contribution in [3.63, 3.8) is 0 Å². The van der Waals surface area contributed by atoms with Crippen LogP contribution in [0.4, 0.5) is 11.4 Å². The summed E-state index contributed by atoms with van der Waals surface area (Å²) in [5.41, 5.74) is 1.49. The van der Waals surface area contributed by atoms with Crippen LogP contribution in [0.3, 0.4) is 0 Å². The summed E-state index contributed by atoms with van der Waals surface area (Å²) in [7, 11) is 0. The van der Waals surface area contributed by atoms with E-state index in [-0.39, 0.29) is 30.3 Å². The standard InChI is InChI=1S/C20H21BrN2O3/c1-13(2)26-18-8-6-17(7-9-18)23-12-14(10-19(23)24)20(25)22-16-5-3-4-15(21)11-16/h3-9,11,13-14H,10,12H2,1-2H3,(H,22,25)/t14-/m0/s1. The van der Waals surface area contributed by atoms with Crippen molar-refractivity contribution >= 4 is 39.1 Å². The second-order valence-electron chi connectivity index (χ2n) is 6.57. The molecule has 26 heavy (non-hydrogen) atoms. The van der Waals surface area contributed by atoms with Crippen LogP contribution in [0.25, 0.3) is 0 Å². The van der Waals surface area contributed by atoms with E-state index in [9.17, 15) is 9.59 Å². The third-order valence-corrected chi connectivity index (χ3v) is 4.60. The van der Waals surface area contributed by atoms with Crippen molar-refractivity contribution in [2.75, 3.05) is 16.8 Å². The lowest BCUT2D eigenvalue weighted by Gasteiger charge is -2.18. The molecular weight excluding hydrogens is 396 g/mol. The predicted molar refractivity (Wildman–Crippen MR) is 105 cm³/mol. The average Bonchev–Trinajstić information content (AvgIpc) is 2.97. The number of amides is 2. The molecular formula is C20H21BrN2O3. The molecule has 1 aliphatic rings. The van der Waals surface area contributed by atoms with Gasteiger partial charge in [-0.15, -0.1) is 0 Å². The number of hydrogen-bond donors (Lipinski definition) is 1. The third-order valence-electron chi connectivity index (χ3n) is 4.11. The lowest BCUT2D eigenvalue weighted by atomic mass is 10.1. The van der Waals surface area contributed by atoms with E-state index in [0.29, 0.717) is 12.2 Å². The molecule has 0 radical (unpaired) electrons. The van der Waals surface area contributed by atoms with Crippen molar-refractivity contribution < 1.29 is 14.3 Å². The number of rotatable bonds is 5. The summed E-state index contributed by atoms with van der Waals surface area (Å²) in [6.45, 7) is 4.31. The van der Waals surface area contributed by atoms with Gasteiger partial charge in [0.25, 0.3) is 0 Å². The Kier molecular flexibility index (Phi) is 5.61. The molecule has 1 atom stereocenters. The van der Waals surface area contributed by atoms with E-state index in [1.54, 1.807) is 4.90 Å². The Balaban J connectivity index is 1.65. The van der Waals surface area contributed by atoms with Crippen LogP contribution in [-0.2, 0) is 9.59 Å². The monoisotopic (exact) mass is 416 g/mol. The zero-order valence-corrected chi connectivity index (χ0v) is 16.3. The summed E-state index contributed by atoms with van der Waals surface area (Å²) in [4.78, 5) is 26.5. The van der Waals surface area contributed by atoms with Gasteiger partial charge in [0.1, 0.15) is 5.75 Å². The molecule has 2 amide bonds. The van der Waals surface area contributed by atoms with Gasteiger partial charge in [-0.3, -0.25) is 9.59 Å². The van der Waals surface area contributed by atoms with Crippen LogP contribution in [0.1, 0.15) is 20.3 Å². The predicted octanol–water partition coefficient (Wildman–Crippen LogP) is 4.23. The van der Waals surface area contributed by atoms with Crippen LogP contribution in [0.5, 0.6) is 5.75 Å². The van der Waals surface area contributed by atoms with E-state index in [2.05, 4.69) is 21.2 Å². The highest BCUT2D eigenvalue weighted by molar-refractivity contribution is 9.10. The van der Waals surface area contributed by atoms with Crippen molar-refractivity contribution in [3.05, 3.63) is 53.0 Å². The molecule has 1 aliphatic heterocycles. The highest BCUT2D eigenvalue weighted by atomic mass is 79.9. The van der Waals surface area contributed by atoms with Crippen LogP contribution in [0.2, 0.25) is 0 Å². The fourth-order valence-corrected chi connectivity index (χ4v) is 3.32. The van der Waals surface area contributed by atoms with Crippen molar-refractivity contribution in [2.24, 2.45) is 5.92 Å². The zero-order chi connectivity index (χ0) is 18.7. The number of carbonyl (C=O) groups is 2. The first-order valence-electron chi connectivity index (χ1n) is 8.56. The molecule has 5 nitrogen and oxygen atoms in total. The van der Waals surface area contributed by atoms with Crippen molar-refractivity contribution in [2.45, 2.75) is 26.4 Å². The number of ether oxygens (including phenoxy) is 1. The molecule has 2 aromatic rings. The first kappa shape index (κ1) is 18.5. The number of carbonyl (C=O) groups excluding carboxylic acids is 2.